The van der Waals surface area contributed by atoms with Crippen LogP contribution in [-0.2, 0) is 31.6 Å². The van der Waals surface area contributed by atoms with Crippen LogP contribution in [0.4, 0.5) is 0 Å². The van der Waals surface area contributed by atoms with E-state index in [-0.39, 0.29) is 28.3 Å². The van der Waals surface area contributed by atoms with Crippen molar-refractivity contribution in [2.45, 2.75) is 175 Å². The summed E-state index contributed by atoms with van der Waals surface area (Å²) in [4.78, 5) is 20.4. The van der Waals surface area contributed by atoms with Crippen LogP contribution in [0.1, 0.15) is 181 Å². The van der Waals surface area contributed by atoms with Crippen molar-refractivity contribution in [3.05, 3.63) is 69.8 Å². The average molecular weight is 627 g/mol. The Morgan fingerprint density at radius 1 is 0.523 bits per heavy atom. The molecule has 250 valence electrons. The molecule has 2 aromatic rings. The van der Waals surface area contributed by atoms with Crippen LogP contribution in [0.5, 0.6) is 0 Å². The molecule has 0 saturated carbocycles. The minimum Gasteiger partial charge on any atom is -0.328 e. The number of benzene rings is 2. The fraction of sp³-hybridized carbons (Fsp3) is 0.700. The SMILES string of the molecule is CCCCCCCCCCC(COP(O)O)(c1ccc(C(C)(C)C)cc1C(C)(C)C)c1ccc(C(C)(C)C)cc1C(C)(C)C. The van der Waals surface area contributed by atoms with Crippen molar-refractivity contribution >= 4 is 8.60 Å². The first kappa shape index (κ1) is 38.9. The third-order valence-corrected chi connectivity index (χ3v) is 9.66. The molecular weight excluding hydrogens is 559 g/mol. The standard InChI is InChI=1S/C40H67O3P/c1-14-15-16-17-18-19-20-21-26-40(29-43-44(41)42,32-24-22-30(36(2,3)4)27-34(32)38(8,9)10)33-25-23-31(37(5,6)7)28-35(33)39(11,12)13/h22-25,27-28,41-42H,14-21,26,29H2,1-13H3. The smallest absolute Gasteiger partial charge is 0.327 e. The Bertz CT molecular complexity index is 1090. The Kier molecular flexibility index (Phi) is 13.8. The van der Waals surface area contributed by atoms with Crippen molar-refractivity contribution in [1.29, 1.82) is 0 Å². The summed E-state index contributed by atoms with van der Waals surface area (Å²) in [6.45, 7) is 30.0. The Morgan fingerprint density at radius 2 is 0.909 bits per heavy atom. The van der Waals surface area contributed by atoms with E-state index in [0.29, 0.717) is 0 Å². The maximum atomic E-state index is 10.2. The second kappa shape index (κ2) is 15.6. The van der Waals surface area contributed by atoms with Crippen molar-refractivity contribution in [3.63, 3.8) is 0 Å². The maximum Gasteiger partial charge on any atom is 0.327 e. The van der Waals surface area contributed by atoms with Crippen LogP contribution >= 0.6 is 8.60 Å². The zero-order chi connectivity index (χ0) is 33.6. The van der Waals surface area contributed by atoms with E-state index in [1.54, 1.807) is 0 Å². The van der Waals surface area contributed by atoms with Gasteiger partial charge in [-0.25, -0.2) is 0 Å². The highest BCUT2D eigenvalue weighted by Crippen LogP contribution is 2.49. The van der Waals surface area contributed by atoms with Gasteiger partial charge in [0.05, 0.1) is 6.61 Å². The molecule has 0 radical (unpaired) electrons. The lowest BCUT2D eigenvalue weighted by Crippen LogP contribution is -2.38. The molecule has 0 spiro atoms. The highest BCUT2D eigenvalue weighted by atomic mass is 31.2. The van der Waals surface area contributed by atoms with Gasteiger partial charge in [-0.3, -0.25) is 0 Å². The molecule has 0 saturated heterocycles. The largest absolute Gasteiger partial charge is 0.328 e. The highest BCUT2D eigenvalue weighted by molar-refractivity contribution is 7.39. The Labute approximate surface area is 273 Å². The third kappa shape index (κ3) is 10.7. The molecule has 0 aliphatic carbocycles. The topological polar surface area (TPSA) is 49.7 Å². The van der Waals surface area contributed by atoms with Crippen LogP contribution < -0.4 is 0 Å². The van der Waals surface area contributed by atoms with Crippen LogP contribution in [0.2, 0.25) is 0 Å². The first-order valence-corrected chi connectivity index (χ1v) is 18.4. The van der Waals surface area contributed by atoms with Crippen LogP contribution in [0.15, 0.2) is 36.4 Å². The zero-order valence-corrected chi connectivity index (χ0v) is 31.7. The predicted octanol–water partition coefficient (Wildman–Crippen LogP) is 11.9. The van der Waals surface area contributed by atoms with E-state index in [9.17, 15) is 9.79 Å². The van der Waals surface area contributed by atoms with Gasteiger partial charge in [-0.15, -0.1) is 0 Å². The van der Waals surface area contributed by atoms with E-state index in [1.807, 2.05) is 0 Å². The maximum absolute atomic E-state index is 10.2. The van der Waals surface area contributed by atoms with Crippen LogP contribution in [0, 0.1) is 0 Å². The normalized spacial score (nSPS) is 13.6. The van der Waals surface area contributed by atoms with E-state index in [1.165, 1.54) is 71.9 Å². The van der Waals surface area contributed by atoms with Crippen LogP contribution in [0.25, 0.3) is 0 Å². The molecule has 3 nitrogen and oxygen atoms in total. The molecule has 0 fully saturated rings. The van der Waals surface area contributed by atoms with Crippen molar-refractivity contribution in [3.8, 4) is 0 Å². The molecule has 0 amide bonds. The minimum absolute atomic E-state index is 0.0188. The molecule has 4 heteroatoms. The summed E-state index contributed by atoms with van der Waals surface area (Å²) in [5.74, 6) is 0. The minimum atomic E-state index is -2.50. The Morgan fingerprint density at radius 3 is 1.25 bits per heavy atom. The van der Waals surface area contributed by atoms with Gasteiger partial charge in [0, 0.05) is 5.41 Å². The summed E-state index contributed by atoms with van der Waals surface area (Å²) < 4.78 is 5.94. The van der Waals surface area contributed by atoms with Crippen molar-refractivity contribution in [2.75, 3.05) is 6.61 Å². The molecular formula is C40H67O3P. The fourth-order valence-electron chi connectivity index (χ4n) is 6.47. The molecule has 0 aliphatic rings. The van der Waals surface area contributed by atoms with Crippen LogP contribution in [-0.4, -0.2) is 16.4 Å². The van der Waals surface area contributed by atoms with Gasteiger partial charge in [-0.05, 0) is 61.5 Å². The number of rotatable bonds is 14. The lowest BCUT2D eigenvalue weighted by atomic mass is 9.62. The number of hydrogen-bond acceptors (Lipinski definition) is 3. The van der Waals surface area contributed by atoms with E-state index in [2.05, 4.69) is 126 Å². The van der Waals surface area contributed by atoms with Gasteiger partial charge in [0.25, 0.3) is 0 Å². The van der Waals surface area contributed by atoms with E-state index >= 15 is 0 Å². The summed E-state index contributed by atoms with van der Waals surface area (Å²) in [5.41, 5.74) is 7.05. The van der Waals surface area contributed by atoms with E-state index in [4.69, 9.17) is 4.52 Å². The molecule has 0 bridgehead atoms. The number of hydrogen-bond donors (Lipinski definition) is 2. The predicted molar refractivity (Wildman–Crippen MR) is 193 cm³/mol. The summed E-state index contributed by atoms with van der Waals surface area (Å²) in [6.07, 6.45) is 10.9. The van der Waals surface area contributed by atoms with Gasteiger partial charge < -0.3 is 14.3 Å². The van der Waals surface area contributed by atoms with Gasteiger partial charge in [-0.1, -0.05) is 178 Å². The molecule has 0 heterocycles. The summed E-state index contributed by atoms with van der Waals surface area (Å²) in [5, 5.41) is 0. The van der Waals surface area contributed by atoms with Crippen molar-refractivity contribution < 1.29 is 14.3 Å². The molecule has 0 unspecified atom stereocenters. The average Bonchev–Trinajstić information content (AvgIpc) is 2.89. The molecule has 44 heavy (non-hydrogen) atoms. The second-order valence-corrected chi connectivity index (χ2v) is 18.1. The monoisotopic (exact) mass is 626 g/mol. The van der Waals surface area contributed by atoms with Crippen molar-refractivity contribution in [2.24, 2.45) is 0 Å². The fourth-order valence-corrected chi connectivity index (χ4v) is 6.80. The Hall–Kier alpha value is -1.25. The molecule has 0 aliphatic heterocycles. The van der Waals surface area contributed by atoms with E-state index < -0.39 is 14.0 Å². The summed E-state index contributed by atoms with van der Waals surface area (Å²) >= 11 is 0. The lowest BCUT2D eigenvalue weighted by molar-refractivity contribution is 0.194. The second-order valence-electron chi connectivity index (χ2n) is 17.4. The molecule has 2 rings (SSSR count). The van der Waals surface area contributed by atoms with Gasteiger partial charge in [0.2, 0.25) is 0 Å². The first-order chi connectivity index (χ1) is 20.1. The van der Waals surface area contributed by atoms with Gasteiger partial charge in [0.1, 0.15) is 0 Å². The molecule has 0 aromatic heterocycles. The van der Waals surface area contributed by atoms with Gasteiger partial charge in [0.15, 0.2) is 0 Å². The van der Waals surface area contributed by atoms with Gasteiger partial charge >= 0.3 is 8.60 Å². The molecule has 2 aromatic carbocycles. The first-order valence-electron chi connectivity index (χ1n) is 17.3. The molecule has 2 N–H and O–H groups in total. The lowest BCUT2D eigenvalue weighted by Gasteiger charge is -2.43. The molecule has 0 atom stereocenters. The van der Waals surface area contributed by atoms with E-state index in [0.717, 1.165) is 19.3 Å². The summed E-state index contributed by atoms with van der Waals surface area (Å²) in [6, 6.07) is 14.1. The van der Waals surface area contributed by atoms with Crippen molar-refractivity contribution in [1.82, 2.24) is 0 Å². The quantitative estimate of drug-likeness (QED) is 0.162. The number of unbranched alkanes of at least 4 members (excludes halogenated alkanes) is 7. The van der Waals surface area contributed by atoms with Crippen LogP contribution in [0.3, 0.4) is 0 Å². The van der Waals surface area contributed by atoms with Gasteiger partial charge in [-0.2, -0.15) is 0 Å². The Balaban J connectivity index is 2.89. The zero-order valence-electron chi connectivity index (χ0n) is 30.8. The highest BCUT2D eigenvalue weighted by Gasteiger charge is 2.42. The third-order valence-electron chi connectivity index (χ3n) is 9.30. The summed E-state index contributed by atoms with van der Waals surface area (Å²) in [7, 11) is -2.50.